The van der Waals surface area contributed by atoms with Gasteiger partial charge >= 0.3 is 0 Å². The van der Waals surface area contributed by atoms with Crippen LogP contribution in [0.25, 0.3) is 10.9 Å². The van der Waals surface area contributed by atoms with Crippen LogP contribution in [-0.4, -0.2) is 23.9 Å². The number of carbonyl (C=O) groups excluding carboxylic acids is 1. The first-order valence-corrected chi connectivity index (χ1v) is 7.44. The van der Waals surface area contributed by atoms with Crippen LogP contribution in [0.3, 0.4) is 0 Å². The minimum atomic E-state index is 0.116. The standard InChI is InChI=1S/C15H17BrN2O/c1-9-12(6-10-8-17-5-4-15(10)19)13-7-11(16)2-3-14(13)18-9/h2-3,7,10,17-18H,4-6,8H2,1H3. The number of H-pyrrole nitrogens is 1. The van der Waals surface area contributed by atoms with E-state index in [1.54, 1.807) is 0 Å². The lowest BCUT2D eigenvalue weighted by Crippen LogP contribution is -2.38. The minimum absolute atomic E-state index is 0.116. The van der Waals surface area contributed by atoms with Gasteiger partial charge in [-0.25, -0.2) is 0 Å². The van der Waals surface area contributed by atoms with E-state index in [0.29, 0.717) is 12.2 Å². The zero-order chi connectivity index (χ0) is 13.4. The lowest BCUT2D eigenvalue weighted by molar-refractivity contribution is -0.123. The molecule has 1 atom stereocenters. The van der Waals surface area contributed by atoms with Crippen molar-refractivity contribution in [2.24, 2.45) is 5.92 Å². The van der Waals surface area contributed by atoms with Crippen LogP contribution in [0.5, 0.6) is 0 Å². The highest BCUT2D eigenvalue weighted by Crippen LogP contribution is 2.28. The molecular formula is C15H17BrN2O. The number of Topliss-reactive ketones (excluding diaryl/α,β-unsaturated/α-hetero) is 1. The van der Waals surface area contributed by atoms with Gasteiger partial charge in [-0.3, -0.25) is 4.79 Å². The van der Waals surface area contributed by atoms with Crippen LogP contribution >= 0.6 is 15.9 Å². The smallest absolute Gasteiger partial charge is 0.138 e. The van der Waals surface area contributed by atoms with Crippen LogP contribution < -0.4 is 5.32 Å². The van der Waals surface area contributed by atoms with Gasteiger partial charge in [-0.15, -0.1) is 0 Å². The largest absolute Gasteiger partial charge is 0.358 e. The molecule has 2 N–H and O–H groups in total. The summed E-state index contributed by atoms with van der Waals surface area (Å²) in [6.45, 7) is 3.72. The number of benzene rings is 1. The van der Waals surface area contributed by atoms with Gasteiger partial charge in [0.25, 0.3) is 0 Å². The summed E-state index contributed by atoms with van der Waals surface area (Å²) in [5.74, 6) is 0.507. The second-order valence-corrected chi connectivity index (χ2v) is 6.16. The molecule has 0 amide bonds. The lowest BCUT2D eigenvalue weighted by atomic mass is 9.90. The molecule has 19 heavy (non-hydrogen) atoms. The Morgan fingerprint density at radius 1 is 1.42 bits per heavy atom. The fourth-order valence-corrected chi connectivity index (χ4v) is 3.22. The van der Waals surface area contributed by atoms with E-state index >= 15 is 0 Å². The second kappa shape index (κ2) is 5.10. The van der Waals surface area contributed by atoms with Gasteiger partial charge in [0.15, 0.2) is 0 Å². The Bertz CT molecular complexity index is 632. The fourth-order valence-electron chi connectivity index (χ4n) is 2.86. The van der Waals surface area contributed by atoms with Gasteiger partial charge in [-0.05, 0) is 37.1 Å². The van der Waals surface area contributed by atoms with Gasteiger partial charge in [0, 0.05) is 46.5 Å². The number of ketones is 1. The summed E-state index contributed by atoms with van der Waals surface area (Å²) in [6, 6.07) is 6.25. The molecule has 1 aliphatic rings. The number of hydrogen-bond acceptors (Lipinski definition) is 2. The van der Waals surface area contributed by atoms with Gasteiger partial charge in [0.1, 0.15) is 5.78 Å². The van der Waals surface area contributed by atoms with E-state index in [9.17, 15) is 4.79 Å². The first kappa shape index (κ1) is 12.9. The van der Waals surface area contributed by atoms with Gasteiger partial charge in [0.2, 0.25) is 0 Å². The van der Waals surface area contributed by atoms with E-state index < -0.39 is 0 Å². The normalized spacial score (nSPS) is 20.1. The molecule has 1 aromatic carbocycles. The first-order valence-electron chi connectivity index (χ1n) is 6.65. The van der Waals surface area contributed by atoms with Gasteiger partial charge in [-0.2, -0.15) is 0 Å². The third kappa shape index (κ3) is 2.47. The quantitative estimate of drug-likeness (QED) is 0.893. The van der Waals surface area contributed by atoms with Crippen LogP contribution in [-0.2, 0) is 11.2 Å². The van der Waals surface area contributed by atoms with Gasteiger partial charge < -0.3 is 10.3 Å². The maximum absolute atomic E-state index is 12.0. The van der Waals surface area contributed by atoms with E-state index in [-0.39, 0.29) is 5.92 Å². The summed E-state index contributed by atoms with van der Waals surface area (Å²) < 4.78 is 1.08. The number of rotatable bonds is 2. The van der Waals surface area contributed by atoms with Crippen LogP contribution in [0, 0.1) is 12.8 Å². The van der Waals surface area contributed by atoms with Crippen molar-refractivity contribution < 1.29 is 4.79 Å². The zero-order valence-electron chi connectivity index (χ0n) is 10.9. The molecule has 0 spiro atoms. The Kier molecular flexibility index (Phi) is 3.46. The molecule has 3 nitrogen and oxygen atoms in total. The van der Waals surface area contributed by atoms with E-state index in [4.69, 9.17) is 0 Å². The Labute approximate surface area is 120 Å². The molecule has 2 aromatic rings. The van der Waals surface area contributed by atoms with Crippen molar-refractivity contribution in [2.75, 3.05) is 13.1 Å². The van der Waals surface area contributed by atoms with E-state index in [1.165, 1.54) is 16.6 Å². The number of aromatic amines is 1. The zero-order valence-corrected chi connectivity index (χ0v) is 12.5. The molecule has 100 valence electrons. The van der Waals surface area contributed by atoms with Crippen molar-refractivity contribution in [1.29, 1.82) is 0 Å². The van der Waals surface area contributed by atoms with Crippen molar-refractivity contribution in [2.45, 2.75) is 19.8 Å². The van der Waals surface area contributed by atoms with Crippen LogP contribution in [0.2, 0.25) is 0 Å². The highest BCUT2D eigenvalue weighted by atomic mass is 79.9. The number of halogens is 1. The second-order valence-electron chi connectivity index (χ2n) is 5.24. The number of piperidine rings is 1. The fraction of sp³-hybridized carbons (Fsp3) is 0.400. The van der Waals surface area contributed by atoms with Crippen molar-refractivity contribution >= 4 is 32.6 Å². The topological polar surface area (TPSA) is 44.9 Å². The summed E-state index contributed by atoms with van der Waals surface area (Å²) in [4.78, 5) is 15.4. The first-order chi connectivity index (χ1) is 9.15. The third-order valence-electron chi connectivity index (χ3n) is 3.93. The van der Waals surface area contributed by atoms with Gasteiger partial charge in [0.05, 0.1) is 0 Å². The number of carbonyl (C=O) groups is 1. The maximum atomic E-state index is 12.0. The molecule has 1 aromatic heterocycles. The van der Waals surface area contributed by atoms with Crippen LogP contribution in [0.1, 0.15) is 17.7 Å². The molecule has 0 radical (unpaired) electrons. The Balaban J connectivity index is 1.97. The molecule has 1 aliphatic heterocycles. The minimum Gasteiger partial charge on any atom is -0.358 e. The molecule has 0 aliphatic carbocycles. The third-order valence-corrected chi connectivity index (χ3v) is 4.42. The highest BCUT2D eigenvalue weighted by Gasteiger charge is 2.24. The van der Waals surface area contributed by atoms with Crippen molar-refractivity contribution in [3.8, 4) is 0 Å². The van der Waals surface area contributed by atoms with Crippen molar-refractivity contribution in [3.63, 3.8) is 0 Å². The van der Waals surface area contributed by atoms with E-state index in [2.05, 4.69) is 45.3 Å². The number of hydrogen-bond donors (Lipinski definition) is 2. The molecule has 4 heteroatoms. The molecule has 0 bridgehead atoms. The van der Waals surface area contributed by atoms with E-state index in [1.807, 2.05) is 6.07 Å². The number of fused-ring (bicyclic) bond motifs is 1. The van der Waals surface area contributed by atoms with Crippen LogP contribution in [0.15, 0.2) is 22.7 Å². The van der Waals surface area contributed by atoms with E-state index in [0.717, 1.165) is 29.5 Å². The molecule has 1 fully saturated rings. The lowest BCUT2D eigenvalue weighted by Gasteiger charge is -2.21. The van der Waals surface area contributed by atoms with Crippen LogP contribution in [0.4, 0.5) is 0 Å². The molecule has 3 rings (SSSR count). The van der Waals surface area contributed by atoms with Crippen molar-refractivity contribution in [1.82, 2.24) is 10.3 Å². The molecule has 1 unspecified atom stereocenters. The Morgan fingerprint density at radius 2 is 2.26 bits per heavy atom. The predicted molar refractivity (Wildman–Crippen MR) is 80.4 cm³/mol. The SMILES string of the molecule is Cc1[nH]c2ccc(Br)cc2c1CC1CNCCC1=O. The highest BCUT2D eigenvalue weighted by molar-refractivity contribution is 9.10. The molecule has 1 saturated heterocycles. The molecule has 0 saturated carbocycles. The number of aryl methyl sites for hydroxylation is 1. The molecule has 2 heterocycles. The Morgan fingerprint density at radius 3 is 3.05 bits per heavy atom. The summed E-state index contributed by atoms with van der Waals surface area (Å²) in [7, 11) is 0. The number of nitrogens with one attached hydrogen (secondary N) is 2. The average Bonchev–Trinajstić information content (AvgIpc) is 2.69. The van der Waals surface area contributed by atoms with Gasteiger partial charge in [-0.1, -0.05) is 15.9 Å². The average molecular weight is 321 g/mol. The summed E-state index contributed by atoms with van der Waals surface area (Å²) >= 11 is 3.52. The maximum Gasteiger partial charge on any atom is 0.138 e. The monoisotopic (exact) mass is 320 g/mol. The van der Waals surface area contributed by atoms with Crippen molar-refractivity contribution in [3.05, 3.63) is 33.9 Å². The summed E-state index contributed by atoms with van der Waals surface area (Å²) in [5.41, 5.74) is 3.59. The Hall–Kier alpha value is -1.13. The summed E-state index contributed by atoms with van der Waals surface area (Å²) in [5, 5.41) is 4.54. The number of aromatic nitrogens is 1. The molecular weight excluding hydrogens is 304 g/mol. The predicted octanol–water partition coefficient (Wildman–Crippen LogP) is 2.96. The summed E-state index contributed by atoms with van der Waals surface area (Å²) in [6.07, 6.45) is 1.49.